The predicted octanol–water partition coefficient (Wildman–Crippen LogP) is 3.43. The lowest BCUT2D eigenvalue weighted by molar-refractivity contribution is 0.0472. The van der Waals surface area contributed by atoms with Crippen molar-refractivity contribution in [2.45, 2.75) is 32.0 Å². The van der Waals surface area contributed by atoms with E-state index in [1.54, 1.807) is 13.1 Å². The lowest BCUT2D eigenvalue weighted by Gasteiger charge is -2.17. The van der Waals surface area contributed by atoms with Crippen LogP contribution in [0, 0.1) is 0 Å². The lowest BCUT2D eigenvalue weighted by atomic mass is 10.1. The van der Waals surface area contributed by atoms with Crippen LogP contribution in [0.5, 0.6) is 0 Å². The molecule has 0 spiro atoms. The van der Waals surface area contributed by atoms with Crippen molar-refractivity contribution in [2.24, 2.45) is 4.99 Å². The number of benzene rings is 2. The summed E-state index contributed by atoms with van der Waals surface area (Å²) in [4.78, 5) is 16.6. The average Bonchev–Trinajstić information content (AvgIpc) is 3.23. The predicted molar refractivity (Wildman–Crippen MR) is 107 cm³/mol. The largest absolute Gasteiger partial charge is 0.457 e. The summed E-state index contributed by atoms with van der Waals surface area (Å²) >= 11 is 0. The van der Waals surface area contributed by atoms with Gasteiger partial charge < -0.3 is 15.4 Å². The Balaban J connectivity index is 1.52. The first kappa shape index (κ1) is 18.7. The molecule has 140 valence electrons. The second kappa shape index (κ2) is 9.57. The summed E-state index contributed by atoms with van der Waals surface area (Å²) in [6.07, 6.45) is 6.39. The maximum absolute atomic E-state index is 12.3. The van der Waals surface area contributed by atoms with E-state index >= 15 is 0 Å². The number of hydrogen-bond donors (Lipinski definition) is 2. The zero-order chi connectivity index (χ0) is 18.9. The van der Waals surface area contributed by atoms with Crippen LogP contribution in [0.25, 0.3) is 0 Å². The molecule has 0 saturated heterocycles. The number of carbonyl (C=O) groups is 1. The van der Waals surface area contributed by atoms with Gasteiger partial charge in [0, 0.05) is 19.6 Å². The van der Waals surface area contributed by atoms with E-state index in [9.17, 15) is 4.79 Å². The summed E-state index contributed by atoms with van der Waals surface area (Å²) in [5, 5.41) is 6.69. The van der Waals surface area contributed by atoms with E-state index in [2.05, 4.69) is 27.8 Å². The highest BCUT2D eigenvalue weighted by atomic mass is 16.5. The Morgan fingerprint density at radius 1 is 1.07 bits per heavy atom. The van der Waals surface area contributed by atoms with Crippen molar-refractivity contribution in [1.82, 2.24) is 10.6 Å². The SMILES string of the molecule is CN=C(NCc1cccc(C(=O)OCc2ccccc2)c1)NC1CC=CC1. The lowest BCUT2D eigenvalue weighted by Crippen LogP contribution is -2.42. The van der Waals surface area contributed by atoms with Gasteiger partial charge in [-0.05, 0) is 36.1 Å². The van der Waals surface area contributed by atoms with Crippen molar-refractivity contribution in [3.8, 4) is 0 Å². The fourth-order valence-corrected chi connectivity index (χ4v) is 2.92. The van der Waals surface area contributed by atoms with E-state index in [1.165, 1.54) is 0 Å². The molecule has 1 aliphatic rings. The van der Waals surface area contributed by atoms with Crippen molar-refractivity contribution in [1.29, 1.82) is 0 Å². The van der Waals surface area contributed by atoms with Crippen LogP contribution in [-0.2, 0) is 17.9 Å². The topological polar surface area (TPSA) is 62.7 Å². The molecule has 0 atom stereocenters. The van der Waals surface area contributed by atoms with Crippen LogP contribution in [0.3, 0.4) is 0 Å². The van der Waals surface area contributed by atoms with Gasteiger partial charge in [-0.25, -0.2) is 4.79 Å². The first-order valence-corrected chi connectivity index (χ1v) is 9.17. The van der Waals surface area contributed by atoms with E-state index in [1.807, 2.05) is 48.5 Å². The Labute approximate surface area is 160 Å². The Morgan fingerprint density at radius 2 is 1.81 bits per heavy atom. The smallest absolute Gasteiger partial charge is 0.338 e. The molecule has 5 nitrogen and oxygen atoms in total. The highest BCUT2D eigenvalue weighted by molar-refractivity contribution is 5.89. The number of nitrogens with zero attached hydrogens (tertiary/aromatic N) is 1. The molecular weight excluding hydrogens is 338 g/mol. The Bertz CT molecular complexity index is 807. The highest BCUT2D eigenvalue weighted by Crippen LogP contribution is 2.10. The molecule has 5 heteroatoms. The van der Waals surface area contributed by atoms with Crippen molar-refractivity contribution >= 4 is 11.9 Å². The summed E-state index contributed by atoms with van der Waals surface area (Å²) in [7, 11) is 1.76. The Kier molecular flexibility index (Phi) is 6.63. The van der Waals surface area contributed by atoms with E-state index in [0.29, 0.717) is 18.2 Å². The number of ether oxygens (including phenoxy) is 1. The van der Waals surface area contributed by atoms with Gasteiger partial charge in [0.2, 0.25) is 0 Å². The highest BCUT2D eigenvalue weighted by Gasteiger charge is 2.12. The summed E-state index contributed by atoms with van der Waals surface area (Å²) in [5.74, 6) is 0.445. The molecule has 1 aliphatic carbocycles. The summed E-state index contributed by atoms with van der Waals surface area (Å²) in [5.41, 5.74) is 2.52. The normalized spacial score (nSPS) is 14.2. The van der Waals surface area contributed by atoms with Gasteiger partial charge in [0.25, 0.3) is 0 Å². The molecule has 27 heavy (non-hydrogen) atoms. The van der Waals surface area contributed by atoms with Gasteiger partial charge in [-0.15, -0.1) is 0 Å². The van der Waals surface area contributed by atoms with Crippen LogP contribution in [0.1, 0.15) is 34.3 Å². The average molecular weight is 363 g/mol. The van der Waals surface area contributed by atoms with E-state index in [0.717, 1.165) is 29.9 Å². The van der Waals surface area contributed by atoms with E-state index in [4.69, 9.17) is 4.74 Å². The summed E-state index contributed by atoms with van der Waals surface area (Å²) in [6.45, 7) is 0.855. The molecule has 0 aliphatic heterocycles. The monoisotopic (exact) mass is 363 g/mol. The van der Waals surface area contributed by atoms with Crippen LogP contribution in [0.2, 0.25) is 0 Å². The molecule has 0 fully saturated rings. The number of carbonyl (C=O) groups excluding carboxylic acids is 1. The molecule has 0 heterocycles. The molecule has 2 N–H and O–H groups in total. The second-order valence-electron chi connectivity index (χ2n) is 6.47. The third kappa shape index (κ3) is 5.71. The molecule has 0 bridgehead atoms. The van der Waals surface area contributed by atoms with Crippen LogP contribution in [-0.4, -0.2) is 25.0 Å². The molecule has 0 amide bonds. The second-order valence-corrected chi connectivity index (χ2v) is 6.47. The summed E-state index contributed by atoms with van der Waals surface area (Å²) in [6, 6.07) is 17.5. The quantitative estimate of drug-likeness (QED) is 0.357. The molecule has 2 aromatic carbocycles. The van der Waals surface area contributed by atoms with Gasteiger partial charge >= 0.3 is 5.97 Å². The fraction of sp³-hybridized carbons (Fsp3) is 0.273. The first-order valence-electron chi connectivity index (χ1n) is 9.17. The van der Waals surface area contributed by atoms with Crippen LogP contribution < -0.4 is 10.6 Å². The molecule has 0 aromatic heterocycles. The van der Waals surface area contributed by atoms with E-state index < -0.39 is 0 Å². The fourth-order valence-electron chi connectivity index (χ4n) is 2.92. The van der Waals surface area contributed by atoms with Crippen LogP contribution >= 0.6 is 0 Å². The number of aliphatic imine (C=N–C) groups is 1. The molecule has 3 rings (SSSR count). The zero-order valence-electron chi connectivity index (χ0n) is 15.5. The molecular formula is C22H25N3O2. The van der Waals surface area contributed by atoms with Crippen molar-refractivity contribution in [3.63, 3.8) is 0 Å². The van der Waals surface area contributed by atoms with Gasteiger partial charge in [-0.1, -0.05) is 54.6 Å². The molecule has 2 aromatic rings. The number of guanidine groups is 1. The van der Waals surface area contributed by atoms with Gasteiger partial charge in [-0.3, -0.25) is 4.99 Å². The Morgan fingerprint density at radius 3 is 2.56 bits per heavy atom. The zero-order valence-corrected chi connectivity index (χ0v) is 15.5. The van der Waals surface area contributed by atoms with Crippen molar-refractivity contribution in [2.75, 3.05) is 7.05 Å². The van der Waals surface area contributed by atoms with Crippen molar-refractivity contribution < 1.29 is 9.53 Å². The van der Waals surface area contributed by atoms with Crippen molar-refractivity contribution in [3.05, 3.63) is 83.4 Å². The first-order chi connectivity index (χ1) is 13.2. The van der Waals surface area contributed by atoms with Crippen LogP contribution in [0.15, 0.2) is 71.7 Å². The minimum atomic E-state index is -0.319. The van der Waals surface area contributed by atoms with Gasteiger partial charge in [0.15, 0.2) is 5.96 Å². The Hall–Kier alpha value is -3.08. The maximum atomic E-state index is 12.3. The van der Waals surface area contributed by atoms with Gasteiger partial charge in [0.05, 0.1) is 5.56 Å². The molecule has 0 saturated carbocycles. The molecule has 0 radical (unpaired) electrons. The third-order valence-corrected chi connectivity index (χ3v) is 4.41. The maximum Gasteiger partial charge on any atom is 0.338 e. The van der Waals surface area contributed by atoms with Gasteiger partial charge in [-0.2, -0.15) is 0 Å². The minimum Gasteiger partial charge on any atom is -0.457 e. The number of rotatable bonds is 6. The standard InChI is InChI=1S/C22H25N3O2/c1-23-22(25-20-12-5-6-13-20)24-15-18-10-7-11-19(14-18)21(26)27-16-17-8-3-2-4-9-17/h2-11,14,20H,12-13,15-16H2,1H3,(H2,23,24,25). The minimum absolute atomic E-state index is 0.272. The van der Waals surface area contributed by atoms with Gasteiger partial charge in [0.1, 0.15) is 6.61 Å². The number of hydrogen-bond acceptors (Lipinski definition) is 3. The number of esters is 1. The van der Waals surface area contributed by atoms with E-state index in [-0.39, 0.29) is 12.6 Å². The summed E-state index contributed by atoms with van der Waals surface area (Å²) < 4.78 is 5.40. The molecule has 0 unspecified atom stereocenters. The third-order valence-electron chi connectivity index (χ3n) is 4.41. The van der Waals surface area contributed by atoms with Crippen LogP contribution in [0.4, 0.5) is 0 Å². The number of nitrogens with one attached hydrogen (secondary N) is 2.